The molecule has 24 heavy (non-hydrogen) atoms. The normalized spacial score (nSPS) is 22.4. The van der Waals surface area contributed by atoms with Crippen LogP contribution in [0.3, 0.4) is 0 Å². The molecule has 8 heteroatoms. The van der Waals surface area contributed by atoms with Gasteiger partial charge in [0.2, 0.25) is 0 Å². The third-order valence-corrected chi connectivity index (χ3v) is 4.07. The molecule has 2 heterocycles. The Kier molecular flexibility index (Phi) is 4.98. The van der Waals surface area contributed by atoms with Gasteiger partial charge in [-0.05, 0) is 27.7 Å². The summed E-state index contributed by atoms with van der Waals surface area (Å²) in [5.41, 5.74) is 5.61. The highest BCUT2D eigenvalue weighted by Gasteiger charge is 2.37. The standard InChI is InChI=1S/C16H29N5O3/c1-15(2,3)24-14(22)21-8-7-20(10-16(4,11-21)23-6)13-12(17)9-18-19(13)5/h9H,7-8,10-11,17H2,1-6H3. The first-order valence-corrected chi connectivity index (χ1v) is 8.10. The maximum absolute atomic E-state index is 12.5. The van der Waals surface area contributed by atoms with Gasteiger partial charge in [-0.25, -0.2) is 4.79 Å². The van der Waals surface area contributed by atoms with Crippen LogP contribution in [0.4, 0.5) is 16.3 Å². The van der Waals surface area contributed by atoms with Gasteiger partial charge in [-0.2, -0.15) is 5.10 Å². The highest BCUT2D eigenvalue weighted by molar-refractivity contribution is 5.69. The fraction of sp³-hybridized carbons (Fsp3) is 0.750. The molecule has 1 amide bonds. The van der Waals surface area contributed by atoms with Gasteiger partial charge in [0.05, 0.1) is 18.4 Å². The Labute approximate surface area is 143 Å². The molecule has 2 N–H and O–H groups in total. The van der Waals surface area contributed by atoms with Gasteiger partial charge in [-0.3, -0.25) is 4.68 Å². The van der Waals surface area contributed by atoms with Gasteiger partial charge in [0.15, 0.2) is 0 Å². The van der Waals surface area contributed by atoms with E-state index in [1.165, 1.54) is 0 Å². The molecule has 2 rings (SSSR count). The van der Waals surface area contributed by atoms with E-state index in [1.54, 1.807) is 22.9 Å². The molecule has 0 aliphatic carbocycles. The zero-order chi connectivity index (χ0) is 18.1. The number of nitrogens with two attached hydrogens (primary N) is 1. The summed E-state index contributed by atoms with van der Waals surface area (Å²) in [6.45, 7) is 9.78. The number of aromatic nitrogens is 2. The SMILES string of the molecule is COC1(C)CN(C(=O)OC(C)(C)C)CCN(c2c(N)cnn2C)C1. The third kappa shape index (κ3) is 4.11. The van der Waals surface area contributed by atoms with Crippen LogP contribution in [-0.4, -0.2) is 65.3 Å². The van der Waals surface area contributed by atoms with Gasteiger partial charge in [0.1, 0.15) is 17.0 Å². The van der Waals surface area contributed by atoms with Crippen LogP contribution in [0, 0.1) is 0 Å². The number of nitrogen functional groups attached to an aromatic ring is 1. The van der Waals surface area contributed by atoms with Gasteiger partial charge < -0.3 is 25.0 Å². The summed E-state index contributed by atoms with van der Waals surface area (Å²) in [6.07, 6.45) is 1.31. The number of carbonyl (C=O) groups excluding carboxylic acids is 1. The summed E-state index contributed by atoms with van der Waals surface area (Å²) in [5.74, 6) is 0.837. The Bertz CT molecular complexity index is 576. The molecule has 1 saturated heterocycles. The smallest absolute Gasteiger partial charge is 0.410 e. The number of methoxy groups -OCH3 is 1. The minimum Gasteiger partial charge on any atom is -0.444 e. The zero-order valence-electron chi connectivity index (χ0n) is 15.5. The summed E-state index contributed by atoms with van der Waals surface area (Å²) in [4.78, 5) is 16.3. The molecule has 0 aromatic carbocycles. The van der Waals surface area contributed by atoms with Gasteiger partial charge in [-0.1, -0.05) is 0 Å². The zero-order valence-corrected chi connectivity index (χ0v) is 15.5. The molecular weight excluding hydrogens is 310 g/mol. The van der Waals surface area contributed by atoms with Crippen LogP contribution in [0.25, 0.3) is 0 Å². The largest absolute Gasteiger partial charge is 0.444 e. The van der Waals surface area contributed by atoms with Crippen molar-refractivity contribution >= 4 is 17.6 Å². The highest BCUT2D eigenvalue weighted by atomic mass is 16.6. The Balaban J connectivity index is 2.23. The number of hydrogen-bond donors (Lipinski definition) is 1. The number of carbonyl (C=O) groups is 1. The van der Waals surface area contributed by atoms with Crippen molar-refractivity contribution in [1.29, 1.82) is 0 Å². The fourth-order valence-corrected chi connectivity index (χ4v) is 2.88. The van der Waals surface area contributed by atoms with Crippen LogP contribution >= 0.6 is 0 Å². The first-order chi connectivity index (χ1) is 11.0. The maximum Gasteiger partial charge on any atom is 0.410 e. The summed E-state index contributed by atoms with van der Waals surface area (Å²) < 4.78 is 13.0. The van der Waals surface area contributed by atoms with Crippen LogP contribution < -0.4 is 10.6 Å². The third-order valence-electron chi connectivity index (χ3n) is 4.07. The lowest BCUT2D eigenvalue weighted by Crippen LogP contribution is -2.48. The van der Waals surface area contributed by atoms with E-state index in [-0.39, 0.29) is 6.09 Å². The second-order valence-corrected chi connectivity index (χ2v) is 7.52. The van der Waals surface area contributed by atoms with Crippen LogP contribution in [0.5, 0.6) is 0 Å². The molecule has 1 aliphatic rings. The van der Waals surface area contributed by atoms with Crippen molar-refractivity contribution in [1.82, 2.24) is 14.7 Å². The number of ether oxygens (including phenoxy) is 2. The molecule has 0 spiro atoms. The first kappa shape index (κ1) is 18.4. The molecule has 1 unspecified atom stereocenters. The van der Waals surface area contributed by atoms with Crippen molar-refractivity contribution in [3.05, 3.63) is 6.20 Å². The van der Waals surface area contributed by atoms with E-state index in [0.29, 0.717) is 31.9 Å². The average molecular weight is 339 g/mol. The Hall–Kier alpha value is -1.96. The topological polar surface area (TPSA) is 85.8 Å². The summed E-state index contributed by atoms with van der Waals surface area (Å²) in [6, 6.07) is 0. The van der Waals surface area contributed by atoms with Crippen LogP contribution in [0.1, 0.15) is 27.7 Å². The predicted octanol–water partition coefficient (Wildman–Crippen LogP) is 1.46. The number of aryl methyl sites for hydroxylation is 1. The Morgan fingerprint density at radius 3 is 2.50 bits per heavy atom. The van der Waals surface area contributed by atoms with Crippen LogP contribution in [-0.2, 0) is 16.5 Å². The van der Waals surface area contributed by atoms with Crippen molar-refractivity contribution in [2.24, 2.45) is 7.05 Å². The lowest BCUT2D eigenvalue weighted by atomic mass is 10.1. The lowest BCUT2D eigenvalue weighted by molar-refractivity contribution is -0.0218. The summed E-state index contributed by atoms with van der Waals surface area (Å²) >= 11 is 0. The van der Waals surface area contributed by atoms with E-state index in [1.807, 2.05) is 34.7 Å². The minimum atomic E-state index is -0.538. The molecule has 1 aliphatic heterocycles. The Morgan fingerprint density at radius 1 is 1.33 bits per heavy atom. The van der Waals surface area contributed by atoms with E-state index >= 15 is 0 Å². The number of nitrogens with zero attached hydrogens (tertiary/aromatic N) is 4. The van der Waals surface area contributed by atoms with E-state index in [0.717, 1.165) is 5.82 Å². The van der Waals surface area contributed by atoms with Crippen molar-refractivity contribution in [2.45, 2.75) is 38.9 Å². The van der Waals surface area contributed by atoms with Crippen molar-refractivity contribution in [3.63, 3.8) is 0 Å². The van der Waals surface area contributed by atoms with Gasteiger partial charge in [0, 0.05) is 33.8 Å². The number of hydrogen-bond acceptors (Lipinski definition) is 6. The minimum absolute atomic E-state index is 0.328. The van der Waals surface area contributed by atoms with Crippen LogP contribution in [0.2, 0.25) is 0 Å². The van der Waals surface area contributed by atoms with E-state index in [9.17, 15) is 4.79 Å². The number of amides is 1. The predicted molar refractivity (Wildman–Crippen MR) is 93.1 cm³/mol. The molecule has 0 radical (unpaired) electrons. The molecule has 136 valence electrons. The second kappa shape index (κ2) is 6.51. The van der Waals surface area contributed by atoms with Crippen molar-refractivity contribution in [3.8, 4) is 0 Å². The molecule has 1 fully saturated rings. The summed E-state index contributed by atoms with van der Waals surface area (Å²) in [7, 11) is 3.51. The van der Waals surface area contributed by atoms with Gasteiger partial charge >= 0.3 is 6.09 Å². The Morgan fingerprint density at radius 2 is 2.00 bits per heavy atom. The van der Waals surface area contributed by atoms with Gasteiger partial charge in [-0.15, -0.1) is 0 Å². The van der Waals surface area contributed by atoms with Crippen molar-refractivity contribution < 1.29 is 14.3 Å². The molecule has 1 aromatic heterocycles. The fourth-order valence-electron chi connectivity index (χ4n) is 2.88. The number of anilines is 2. The van der Waals surface area contributed by atoms with E-state index in [2.05, 4.69) is 10.00 Å². The molecular formula is C16H29N5O3. The molecule has 8 nitrogen and oxygen atoms in total. The maximum atomic E-state index is 12.5. The van der Waals surface area contributed by atoms with E-state index < -0.39 is 11.2 Å². The molecule has 1 atom stereocenters. The molecule has 1 aromatic rings. The van der Waals surface area contributed by atoms with Crippen LogP contribution in [0.15, 0.2) is 6.20 Å². The number of rotatable bonds is 2. The first-order valence-electron chi connectivity index (χ1n) is 8.10. The summed E-state index contributed by atoms with van der Waals surface area (Å²) in [5, 5.41) is 4.20. The van der Waals surface area contributed by atoms with Gasteiger partial charge in [0.25, 0.3) is 0 Å². The molecule has 0 bridgehead atoms. The lowest BCUT2D eigenvalue weighted by Gasteiger charge is -2.34. The van der Waals surface area contributed by atoms with E-state index in [4.69, 9.17) is 15.2 Å². The quantitative estimate of drug-likeness (QED) is 0.878. The monoisotopic (exact) mass is 339 g/mol. The highest BCUT2D eigenvalue weighted by Crippen LogP contribution is 2.27. The van der Waals surface area contributed by atoms with Crippen molar-refractivity contribution in [2.75, 3.05) is 43.9 Å². The average Bonchev–Trinajstić information content (AvgIpc) is 2.69. The molecule has 0 saturated carbocycles. The second-order valence-electron chi connectivity index (χ2n) is 7.52.